The summed E-state index contributed by atoms with van der Waals surface area (Å²) in [5.41, 5.74) is 5.68. The van der Waals surface area contributed by atoms with Gasteiger partial charge in [-0.1, -0.05) is 12.1 Å². The van der Waals surface area contributed by atoms with E-state index in [1.165, 1.54) is 5.56 Å². The van der Waals surface area contributed by atoms with E-state index < -0.39 is 0 Å². The molecule has 2 aliphatic heterocycles. The molecule has 0 aliphatic carbocycles. The van der Waals surface area contributed by atoms with Crippen LogP contribution in [-0.2, 0) is 4.74 Å². The van der Waals surface area contributed by atoms with Crippen molar-refractivity contribution in [2.75, 3.05) is 18.0 Å². The van der Waals surface area contributed by atoms with Gasteiger partial charge in [-0.25, -0.2) is 4.98 Å². The highest BCUT2D eigenvalue weighted by Gasteiger charge is 2.33. The van der Waals surface area contributed by atoms with Crippen molar-refractivity contribution in [3.63, 3.8) is 0 Å². The number of nitriles is 2. The smallest absolute Gasteiger partial charge is 0.157 e. The molecule has 3 aromatic rings. The summed E-state index contributed by atoms with van der Waals surface area (Å²) in [7, 11) is 0. The number of rotatable bonds is 2. The number of benzene rings is 1. The standard InChI is InChI=1S/C26H29N5O/c1-16-12-20(13-17(2)32-16)24-18(3)26(30-10-8-19(14-27)9-11-30)31-23-7-5-4-6-22(23)29-25(31)21(24)15-28/h4-7,16-17,19-20H,8-13H2,1-3H3/t16-,17+,20?. The van der Waals surface area contributed by atoms with Gasteiger partial charge in [-0.3, -0.25) is 4.40 Å². The van der Waals surface area contributed by atoms with Crippen molar-refractivity contribution in [2.24, 2.45) is 5.92 Å². The number of hydrogen-bond donors (Lipinski definition) is 0. The molecule has 2 saturated heterocycles. The number of ether oxygens (including phenoxy) is 1. The highest BCUT2D eigenvalue weighted by Crippen LogP contribution is 2.42. The normalized spacial score (nSPS) is 24.5. The lowest BCUT2D eigenvalue weighted by Gasteiger charge is -2.37. The number of nitrogens with zero attached hydrogens (tertiary/aromatic N) is 5. The second-order valence-corrected chi connectivity index (χ2v) is 9.42. The number of piperidine rings is 1. The highest BCUT2D eigenvalue weighted by atomic mass is 16.5. The number of imidazole rings is 1. The Hall–Kier alpha value is -3.09. The summed E-state index contributed by atoms with van der Waals surface area (Å²) in [5, 5.41) is 19.7. The molecule has 1 aromatic carbocycles. The first kappa shape index (κ1) is 20.8. The van der Waals surface area contributed by atoms with Crippen molar-refractivity contribution in [3.05, 3.63) is 41.0 Å². The molecular formula is C26H29N5O. The third-order valence-electron chi connectivity index (χ3n) is 7.20. The van der Waals surface area contributed by atoms with Gasteiger partial charge in [0, 0.05) is 19.0 Å². The van der Waals surface area contributed by atoms with E-state index in [9.17, 15) is 10.5 Å². The fraction of sp³-hybridized carbons (Fsp3) is 0.500. The average molecular weight is 428 g/mol. The molecule has 0 bridgehead atoms. The summed E-state index contributed by atoms with van der Waals surface area (Å²) in [4.78, 5) is 7.34. The fourth-order valence-corrected chi connectivity index (χ4v) is 5.86. The predicted molar refractivity (Wildman–Crippen MR) is 125 cm³/mol. The van der Waals surface area contributed by atoms with Crippen LogP contribution in [0.2, 0.25) is 0 Å². The van der Waals surface area contributed by atoms with Gasteiger partial charge in [-0.15, -0.1) is 0 Å². The third kappa shape index (κ3) is 3.31. The Morgan fingerprint density at radius 2 is 1.75 bits per heavy atom. The van der Waals surface area contributed by atoms with Crippen LogP contribution in [0.25, 0.3) is 16.7 Å². The van der Waals surface area contributed by atoms with Crippen LogP contribution in [0.15, 0.2) is 24.3 Å². The molecule has 6 nitrogen and oxygen atoms in total. The van der Waals surface area contributed by atoms with Gasteiger partial charge in [0.25, 0.3) is 0 Å². The summed E-state index contributed by atoms with van der Waals surface area (Å²) in [6, 6.07) is 13.1. The molecule has 2 fully saturated rings. The van der Waals surface area contributed by atoms with Gasteiger partial charge in [0.05, 0.1) is 34.9 Å². The van der Waals surface area contributed by atoms with Crippen molar-refractivity contribution in [2.45, 2.75) is 64.6 Å². The maximum atomic E-state index is 10.3. The summed E-state index contributed by atoms with van der Waals surface area (Å²) in [6.45, 7) is 8.10. The van der Waals surface area contributed by atoms with Crippen LogP contribution in [0.3, 0.4) is 0 Å². The molecular weight excluding hydrogens is 398 g/mol. The van der Waals surface area contributed by atoms with Gasteiger partial charge in [0.15, 0.2) is 5.65 Å². The van der Waals surface area contributed by atoms with Gasteiger partial charge in [-0.05, 0) is 75.6 Å². The van der Waals surface area contributed by atoms with Crippen molar-refractivity contribution in [1.82, 2.24) is 9.38 Å². The van der Waals surface area contributed by atoms with E-state index in [1.807, 2.05) is 18.2 Å². The lowest BCUT2D eigenvalue weighted by molar-refractivity contribution is -0.0380. The number of pyridine rings is 1. The van der Waals surface area contributed by atoms with Crippen LogP contribution in [0.1, 0.15) is 62.1 Å². The Labute approximate surface area is 189 Å². The molecule has 32 heavy (non-hydrogen) atoms. The Morgan fingerprint density at radius 1 is 1.06 bits per heavy atom. The second kappa shape index (κ2) is 8.11. The topological polar surface area (TPSA) is 77.3 Å². The largest absolute Gasteiger partial charge is 0.376 e. The van der Waals surface area contributed by atoms with E-state index in [2.05, 4.69) is 48.3 Å². The van der Waals surface area contributed by atoms with Gasteiger partial charge in [0.1, 0.15) is 11.9 Å². The van der Waals surface area contributed by atoms with Crippen molar-refractivity contribution in [1.29, 1.82) is 10.5 Å². The lowest BCUT2D eigenvalue weighted by atomic mass is 9.82. The van der Waals surface area contributed by atoms with E-state index >= 15 is 0 Å². The quantitative estimate of drug-likeness (QED) is 0.570. The first-order valence-corrected chi connectivity index (χ1v) is 11.7. The minimum Gasteiger partial charge on any atom is -0.376 e. The first-order valence-electron chi connectivity index (χ1n) is 11.7. The molecule has 0 N–H and O–H groups in total. The number of anilines is 1. The number of hydrogen-bond acceptors (Lipinski definition) is 5. The Morgan fingerprint density at radius 3 is 2.41 bits per heavy atom. The zero-order valence-corrected chi connectivity index (χ0v) is 19.0. The predicted octanol–water partition coefficient (Wildman–Crippen LogP) is 5.08. The third-order valence-corrected chi connectivity index (χ3v) is 7.20. The molecule has 2 aromatic heterocycles. The maximum absolute atomic E-state index is 10.3. The first-order chi connectivity index (χ1) is 15.5. The average Bonchev–Trinajstić information content (AvgIpc) is 3.17. The Bertz CT molecular complexity index is 1250. The van der Waals surface area contributed by atoms with E-state index in [1.54, 1.807) is 0 Å². The van der Waals surface area contributed by atoms with Crippen LogP contribution >= 0.6 is 0 Å². The molecule has 164 valence electrons. The number of fused-ring (bicyclic) bond motifs is 3. The van der Waals surface area contributed by atoms with Gasteiger partial charge in [0.2, 0.25) is 0 Å². The van der Waals surface area contributed by atoms with Crippen LogP contribution in [0, 0.1) is 35.5 Å². The molecule has 3 atom stereocenters. The van der Waals surface area contributed by atoms with Gasteiger partial charge in [-0.2, -0.15) is 10.5 Å². The summed E-state index contributed by atoms with van der Waals surface area (Å²) >= 11 is 0. The molecule has 2 aliphatic rings. The van der Waals surface area contributed by atoms with Crippen molar-refractivity contribution in [3.8, 4) is 12.1 Å². The van der Waals surface area contributed by atoms with E-state index in [4.69, 9.17) is 9.72 Å². The van der Waals surface area contributed by atoms with Crippen LogP contribution in [-0.4, -0.2) is 34.7 Å². The molecule has 1 unspecified atom stereocenters. The minimum absolute atomic E-state index is 0.122. The minimum atomic E-state index is 0.122. The van der Waals surface area contributed by atoms with E-state index in [0.29, 0.717) is 5.56 Å². The molecule has 0 spiro atoms. The van der Waals surface area contributed by atoms with E-state index in [0.717, 1.165) is 66.8 Å². The van der Waals surface area contributed by atoms with Crippen LogP contribution in [0.4, 0.5) is 5.82 Å². The van der Waals surface area contributed by atoms with E-state index in [-0.39, 0.29) is 24.0 Å². The summed E-state index contributed by atoms with van der Waals surface area (Å²) < 4.78 is 8.20. The molecule has 5 rings (SSSR count). The van der Waals surface area contributed by atoms with Crippen LogP contribution in [0.5, 0.6) is 0 Å². The summed E-state index contributed by atoms with van der Waals surface area (Å²) in [5.74, 6) is 1.52. The SMILES string of the molecule is Cc1c(C2C[C@@H](C)O[C@@H](C)C2)c(C#N)c2nc3ccccc3n2c1N1CCC(C#N)CC1. The lowest BCUT2D eigenvalue weighted by Crippen LogP contribution is -2.36. The highest BCUT2D eigenvalue weighted by molar-refractivity contribution is 5.86. The molecule has 0 saturated carbocycles. The molecule has 6 heteroatoms. The Kier molecular flexibility index (Phi) is 5.27. The zero-order chi connectivity index (χ0) is 22.4. The zero-order valence-electron chi connectivity index (χ0n) is 19.0. The van der Waals surface area contributed by atoms with Crippen LogP contribution < -0.4 is 4.90 Å². The molecule has 0 radical (unpaired) electrons. The van der Waals surface area contributed by atoms with Gasteiger partial charge < -0.3 is 9.64 Å². The molecule has 4 heterocycles. The number of para-hydroxylation sites is 2. The van der Waals surface area contributed by atoms with Crippen molar-refractivity contribution >= 4 is 22.5 Å². The summed E-state index contributed by atoms with van der Waals surface area (Å²) in [6.07, 6.45) is 3.88. The van der Waals surface area contributed by atoms with Gasteiger partial charge >= 0.3 is 0 Å². The molecule has 0 amide bonds. The maximum Gasteiger partial charge on any atom is 0.157 e. The van der Waals surface area contributed by atoms with Crippen molar-refractivity contribution < 1.29 is 4.74 Å². The number of aromatic nitrogens is 2. The second-order valence-electron chi connectivity index (χ2n) is 9.42. The fourth-order valence-electron chi connectivity index (χ4n) is 5.86. The monoisotopic (exact) mass is 427 g/mol. The Balaban J connectivity index is 1.78.